The van der Waals surface area contributed by atoms with Gasteiger partial charge >= 0.3 is 5.97 Å². The Bertz CT molecular complexity index is 1500. The molecular weight excluding hydrogens is 444 g/mol. The van der Waals surface area contributed by atoms with Crippen molar-refractivity contribution >= 4 is 40.3 Å². The lowest BCUT2D eigenvalue weighted by atomic mass is 9.86. The summed E-state index contributed by atoms with van der Waals surface area (Å²) >= 11 is 0. The van der Waals surface area contributed by atoms with Crippen LogP contribution in [0.4, 0.5) is 0 Å². The summed E-state index contributed by atoms with van der Waals surface area (Å²) in [5.74, 6) is -0.805. The fourth-order valence-electron chi connectivity index (χ4n) is 4.80. The van der Waals surface area contributed by atoms with Gasteiger partial charge < -0.3 is 9.15 Å². The molecule has 7 nitrogen and oxygen atoms in total. The van der Waals surface area contributed by atoms with Gasteiger partial charge in [0.25, 0.3) is 11.8 Å². The first kappa shape index (κ1) is 21.0. The Hall–Kier alpha value is -4.52. The first-order valence-corrected chi connectivity index (χ1v) is 11.4. The average molecular weight is 464 g/mol. The minimum atomic E-state index is -0.587. The van der Waals surface area contributed by atoms with Gasteiger partial charge in [0.05, 0.1) is 34.2 Å². The van der Waals surface area contributed by atoms with Gasteiger partial charge in [0.15, 0.2) is 6.73 Å². The molecule has 0 saturated heterocycles. The van der Waals surface area contributed by atoms with E-state index in [-0.39, 0.29) is 0 Å². The van der Waals surface area contributed by atoms with E-state index in [4.69, 9.17) is 14.1 Å². The highest BCUT2D eigenvalue weighted by molar-refractivity contribution is 6.21. The summed E-state index contributed by atoms with van der Waals surface area (Å²) in [6.07, 6.45) is 5.89. The highest BCUT2D eigenvalue weighted by atomic mass is 16.5. The molecule has 2 aromatic heterocycles. The molecule has 0 N–H and O–H groups in total. The number of nitrogens with zero attached hydrogens (tertiary/aromatic N) is 2. The normalized spacial score (nSPS) is 16.0. The minimum absolute atomic E-state index is 0.313. The number of hydrogen-bond donors (Lipinski definition) is 0. The van der Waals surface area contributed by atoms with Crippen LogP contribution in [0.2, 0.25) is 0 Å². The number of fused-ring (bicyclic) bond motifs is 3. The van der Waals surface area contributed by atoms with E-state index in [1.807, 2.05) is 42.5 Å². The molecule has 172 valence electrons. The highest BCUT2D eigenvalue weighted by Crippen LogP contribution is 2.36. The first-order valence-electron chi connectivity index (χ1n) is 11.4. The van der Waals surface area contributed by atoms with Crippen LogP contribution in [-0.4, -0.2) is 34.4 Å². The fraction of sp³-hybridized carbons (Fsp3) is 0.143. The number of aromatic nitrogens is 1. The summed E-state index contributed by atoms with van der Waals surface area (Å²) in [4.78, 5) is 44.7. The third-order valence-electron chi connectivity index (χ3n) is 6.44. The lowest BCUT2D eigenvalue weighted by Crippen LogP contribution is -2.33. The van der Waals surface area contributed by atoms with E-state index < -0.39 is 24.5 Å². The van der Waals surface area contributed by atoms with E-state index in [0.29, 0.717) is 34.0 Å². The predicted octanol–water partition coefficient (Wildman–Crippen LogP) is 5.12. The van der Waals surface area contributed by atoms with Crippen molar-refractivity contribution < 1.29 is 23.5 Å². The maximum absolute atomic E-state index is 13.5. The Morgan fingerprint density at radius 2 is 1.71 bits per heavy atom. The molecule has 2 aromatic carbocycles. The molecule has 2 amide bonds. The number of rotatable bonds is 4. The molecule has 1 aliphatic heterocycles. The molecule has 0 saturated carbocycles. The number of allylic oxidation sites excluding steroid dienone is 1. The Kier molecular flexibility index (Phi) is 5.03. The molecule has 0 bridgehead atoms. The van der Waals surface area contributed by atoms with Crippen LogP contribution in [0, 0.1) is 0 Å². The molecule has 0 unspecified atom stereocenters. The van der Waals surface area contributed by atoms with Gasteiger partial charge in [-0.25, -0.2) is 14.7 Å². The van der Waals surface area contributed by atoms with Crippen LogP contribution < -0.4 is 0 Å². The monoisotopic (exact) mass is 464 g/mol. The van der Waals surface area contributed by atoms with Crippen molar-refractivity contribution in [3.63, 3.8) is 0 Å². The van der Waals surface area contributed by atoms with Crippen LogP contribution in [0.3, 0.4) is 0 Å². The minimum Gasteiger partial charge on any atom is -0.465 e. The standard InChI is InChI=1S/C28H20N2O5/c31-26-19-9-1-2-10-20(19)27(32)30(26)16-35-28(33)24-21-11-3-4-13-23(21)29-25-17(7-5-12-22(24)25)15-18-8-6-14-34-18/h1-4,6,8-11,13-15H,5,7,12,16H2. The maximum atomic E-state index is 13.5. The Labute approximate surface area is 200 Å². The number of furan rings is 1. The van der Waals surface area contributed by atoms with Gasteiger partial charge in [0, 0.05) is 5.39 Å². The Balaban J connectivity index is 1.37. The second kappa shape index (κ2) is 8.36. The number of hydrogen-bond acceptors (Lipinski definition) is 6. The van der Waals surface area contributed by atoms with E-state index in [1.165, 1.54) is 0 Å². The molecule has 7 heteroatoms. The zero-order valence-electron chi connectivity index (χ0n) is 18.7. The maximum Gasteiger partial charge on any atom is 0.340 e. The van der Waals surface area contributed by atoms with Crippen molar-refractivity contribution in [2.24, 2.45) is 0 Å². The number of esters is 1. The van der Waals surface area contributed by atoms with Gasteiger partial charge in [0.2, 0.25) is 0 Å². The molecule has 0 fully saturated rings. The number of para-hydroxylation sites is 1. The third kappa shape index (κ3) is 3.52. The molecule has 6 rings (SSSR count). The largest absolute Gasteiger partial charge is 0.465 e. The van der Waals surface area contributed by atoms with Gasteiger partial charge in [0.1, 0.15) is 5.76 Å². The van der Waals surface area contributed by atoms with Gasteiger partial charge in [-0.1, -0.05) is 30.3 Å². The zero-order valence-corrected chi connectivity index (χ0v) is 18.7. The number of imide groups is 1. The second-order valence-corrected chi connectivity index (χ2v) is 8.51. The lowest BCUT2D eigenvalue weighted by Gasteiger charge is -2.23. The molecular formula is C28H20N2O5. The van der Waals surface area contributed by atoms with Crippen LogP contribution in [0.15, 0.2) is 71.3 Å². The third-order valence-corrected chi connectivity index (χ3v) is 6.44. The first-order chi connectivity index (χ1) is 17.1. The van der Waals surface area contributed by atoms with Crippen LogP contribution in [0.1, 0.15) is 60.9 Å². The number of carbonyl (C=O) groups is 3. The van der Waals surface area contributed by atoms with E-state index in [9.17, 15) is 14.4 Å². The predicted molar refractivity (Wildman–Crippen MR) is 128 cm³/mol. The number of pyridine rings is 1. The Morgan fingerprint density at radius 3 is 2.46 bits per heavy atom. The zero-order chi connectivity index (χ0) is 23.9. The molecule has 2 aliphatic rings. The van der Waals surface area contributed by atoms with Gasteiger partial charge in [-0.05, 0) is 66.8 Å². The highest BCUT2D eigenvalue weighted by Gasteiger charge is 2.36. The molecule has 3 heterocycles. The van der Waals surface area contributed by atoms with Crippen LogP contribution in [-0.2, 0) is 11.2 Å². The summed E-state index contributed by atoms with van der Waals surface area (Å²) in [5, 5.41) is 0.679. The summed E-state index contributed by atoms with van der Waals surface area (Å²) in [6, 6.07) is 17.7. The SMILES string of the molecule is O=C(OCN1C(=O)c2ccccc2C1=O)c1c2c(nc3ccccc13)C(=Cc1ccco1)CCC2. The summed E-state index contributed by atoms with van der Waals surface area (Å²) < 4.78 is 11.1. The van der Waals surface area contributed by atoms with Crippen LogP contribution in [0.25, 0.3) is 22.6 Å². The Morgan fingerprint density at radius 1 is 0.971 bits per heavy atom. The molecule has 35 heavy (non-hydrogen) atoms. The number of carbonyl (C=O) groups excluding carboxylic acids is 3. The van der Waals surface area contributed by atoms with Crippen molar-refractivity contribution in [3.05, 3.63) is 101 Å². The van der Waals surface area contributed by atoms with Gasteiger partial charge in [-0.3, -0.25) is 9.59 Å². The molecule has 0 radical (unpaired) electrons. The number of amides is 2. The second-order valence-electron chi connectivity index (χ2n) is 8.51. The van der Waals surface area contributed by atoms with E-state index >= 15 is 0 Å². The van der Waals surface area contributed by atoms with Gasteiger partial charge in [-0.15, -0.1) is 0 Å². The van der Waals surface area contributed by atoms with Crippen molar-refractivity contribution in [2.45, 2.75) is 19.3 Å². The summed E-state index contributed by atoms with van der Waals surface area (Å²) in [5.41, 5.74) is 4.26. The van der Waals surface area contributed by atoms with Crippen molar-refractivity contribution in [2.75, 3.05) is 6.73 Å². The molecule has 4 aromatic rings. The van der Waals surface area contributed by atoms with E-state index in [1.54, 1.807) is 30.5 Å². The van der Waals surface area contributed by atoms with E-state index in [2.05, 4.69) is 0 Å². The topological polar surface area (TPSA) is 89.7 Å². The fourth-order valence-corrected chi connectivity index (χ4v) is 4.80. The lowest BCUT2D eigenvalue weighted by molar-refractivity contribution is 0.0229. The molecule has 0 spiro atoms. The summed E-state index contributed by atoms with van der Waals surface area (Å²) in [6.45, 7) is -0.453. The molecule has 1 aliphatic carbocycles. The van der Waals surface area contributed by atoms with Gasteiger partial charge in [-0.2, -0.15) is 0 Å². The number of benzene rings is 2. The average Bonchev–Trinajstić information content (AvgIpc) is 3.48. The van der Waals surface area contributed by atoms with Crippen molar-refractivity contribution in [3.8, 4) is 0 Å². The van der Waals surface area contributed by atoms with Crippen molar-refractivity contribution in [1.82, 2.24) is 9.88 Å². The van der Waals surface area contributed by atoms with Crippen molar-refractivity contribution in [1.29, 1.82) is 0 Å². The van der Waals surface area contributed by atoms with Crippen LogP contribution >= 0.6 is 0 Å². The quantitative estimate of drug-likeness (QED) is 0.308. The number of ether oxygens (including phenoxy) is 1. The smallest absolute Gasteiger partial charge is 0.340 e. The molecule has 0 atom stereocenters. The van der Waals surface area contributed by atoms with E-state index in [0.717, 1.165) is 40.3 Å². The summed E-state index contributed by atoms with van der Waals surface area (Å²) in [7, 11) is 0. The van der Waals surface area contributed by atoms with Crippen LogP contribution in [0.5, 0.6) is 0 Å².